The summed E-state index contributed by atoms with van der Waals surface area (Å²) in [5, 5.41) is 2.71. The fourth-order valence-electron chi connectivity index (χ4n) is 3.88. The summed E-state index contributed by atoms with van der Waals surface area (Å²) in [5.74, 6) is 0.0362. The Labute approximate surface area is 171 Å². The van der Waals surface area contributed by atoms with Crippen molar-refractivity contribution in [2.24, 2.45) is 5.92 Å². The van der Waals surface area contributed by atoms with Gasteiger partial charge in [-0.3, -0.25) is 9.59 Å². The fourth-order valence-corrected chi connectivity index (χ4v) is 3.88. The molecular formula is C22H29N3O4. The number of fused-ring (bicyclic) bond motifs is 1. The summed E-state index contributed by atoms with van der Waals surface area (Å²) in [6.07, 6.45) is 1.80. The second-order valence-corrected chi connectivity index (χ2v) is 8.62. The maximum absolute atomic E-state index is 13.0. The van der Waals surface area contributed by atoms with E-state index in [2.05, 4.69) is 11.9 Å². The van der Waals surface area contributed by atoms with Crippen molar-refractivity contribution in [3.05, 3.63) is 48.0 Å². The Hall–Kier alpha value is -2.83. The first-order valence-corrected chi connectivity index (χ1v) is 9.96. The maximum atomic E-state index is 13.0. The van der Waals surface area contributed by atoms with Crippen molar-refractivity contribution in [2.45, 2.75) is 45.4 Å². The second kappa shape index (κ2) is 8.27. The Balaban J connectivity index is 1.61. The zero-order valence-corrected chi connectivity index (χ0v) is 17.3. The molecule has 2 fully saturated rings. The van der Waals surface area contributed by atoms with Crippen molar-refractivity contribution < 1.29 is 19.1 Å². The number of hydrogen-bond donors (Lipinski definition) is 1. The highest BCUT2D eigenvalue weighted by atomic mass is 16.6. The van der Waals surface area contributed by atoms with E-state index in [1.54, 1.807) is 17.0 Å². The molecule has 7 heteroatoms. The number of carbonyl (C=O) groups excluding carboxylic acids is 3. The molecule has 156 valence electrons. The second-order valence-electron chi connectivity index (χ2n) is 8.62. The van der Waals surface area contributed by atoms with Crippen molar-refractivity contribution in [3.8, 4) is 0 Å². The third kappa shape index (κ3) is 4.96. The van der Waals surface area contributed by atoms with E-state index in [9.17, 15) is 14.4 Å². The monoisotopic (exact) mass is 399 g/mol. The van der Waals surface area contributed by atoms with Gasteiger partial charge in [-0.1, -0.05) is 18.7 Å². The van der Waals surface area contributed by atoms with E-state index in [-0.39, 0.29) is 23.9 Å². The number of benzene rings is 1. The average molecular weight is 399 g/mol. The highest BCUT2D eigenvalue weighted by molar-refractivity contribution is 5.94. The van der Waals surface area contributed by atoms with Gasteiger partial charge in [-0.25, -0.2) is 4.79 Å². The Morgan fingerprint density at radius 2 is 1.90 bits per heavy atom. The number of hydrogen-bond acceptors (Lipinski definition) is 4. The molecule has 0 aliphatic carbocycles. The molecule has 1 aromatic carbocycles. The number of carbonyl (C=O) groups is 3. The van der Waals surface area contributed by atoms with Gasteiger partial charge in [-0.15, -0.1) is 0 Å². The first kappa shape index (κ1) is 20.9. The van der Waals surface area contributed by atoms with Crippen LogP contribution in [0.3, 0.4) is 0 Å². The first-order valence-electron chi connectivity index (χ1n) is 9.96. The number of likely N-dealkylation sites (tertiary alicyclic amines) is 2. The van der Waals surface area contributed by atoms with E-state index in [1.807, 2.05) is 37.8 Å². The van der Waals surface area contributed by atoms with Crippen molar-refractivity contribution in [3.63, 3.8) is 0 Å². The van der Waals surface area contributed by atoms with Gasteiger partial charge in [0.15, 0.2) is 0 Å². The van der Waals surface area contributed by atoms with Crippen LogP contribution in [0.2, 0.25) is 0 Å². The van der Waals surface area contributed by atoms with Gasteiger partial charge >= 0.3 is 6.09 Å². The molecule has 3 amide bonds. The largest absolute Gasteiger partial charge is 0.444 e. The van der Waals surface area contributed by atoms with Gasteiger partial charge < -0.3 is 19.9 Å². The van der Waals surface area contributed by atoms with Crippen LogP contribution >= 0.6 is 0 Å². The Kier molecular flexibility index (Phi) is 5.96. The minimum Gasteiger partial charge on any atom is -0.444 e. The topological polar surface area (TPSA) is 79.0 Å². The lowest BCUT2D eigenvalue weighted by molar-refractivity contribution is -0.116. The molecule has 29 heavy (non-hydrogen) atoms. The van der Waals surface area contributed by atoms with Crippen LogP contribution in [0.1, 0.15) is 43.1 Å². The predicted molar refractivity (Wildman–Crippen MR) is 109 cm³/mol. The molecule has 2 heterocycles. The Bertz CT molecular complexity index is 797. The van der Waals surface area contributed by atoms with E-state index >= 15 is 0 Å². The smallest absolute Gasteiger partial charge is 0.410 e. The molecule has 2 aliphatic rings. The molecule has 0 aromatic heterocycles. The van der Waals surface area contributed by atoms with Crippen molar-refractivity contribution in [1.82, 2.24) is 15.1 Å². The highest BCUT2D eigenvalue weighted by Crippen LogP contribution is 2.33. The van der Waals surface area contributed by atoms with Crippen LogP contribution in [-0.2, 0) is 16.1 Å². The molecule has 0 unspecified atom stereocenters. The van der Waals surface area contributed by atoms with Crippen LogP contribution in [0.15, 0.2) is 36.9 Å². The Morgan fingerprint density at radius 1 is 1.21 bits per heavy atom. The predicted octanol–water partition coefficient (Wildman–Crippen LogP) is 2.57. The lowest BCUT2D eigenvalue weighted by atomic mass is 10.0. The fraction of sp³-hybridized carbons (Fsp3) is 0.500. The van der Waals surface area contributed by atoms with Crippen LogP contribution in [0.4, 0.5) is 4.79 Å². The average Bonchev–Trinajstić information content (AvgIpc) is 3.25. The summed E-state index contributed by atoms with van der Waals surface area (Å²) in [6, 6.07) is 7.27. The third-order valence-corrected chi connectivity index (χ3v) is 5.31. The van der Waals surface area contributed by atoms with Gasteiger partial charge in [-0.05, 0) is 51.0 Å². The van der Waals surface area contributed by atoms with Crippen LogP contribution in [0.25, 0.3) is 0 Å². The molecule has 1 aromatic rings. The minimum atomic E-state index is -0.531. The van der Waals surface area contributed by atoms with E-state index in [0.29, 0.717) is 37.7 Å². The highest BCUT2D eigenvalue weighted by Gasteiger charge is 2.45. The van der Waals surface area contributed by atoms with Crippen LogP contribution < -0.4 is 5.32 Å². The maximum Gasteiger partial charge on any atom is 0.410 e. The van der Waals surface area contributed by atoms with Crippen LogP contribution in [0.5, 0.6) is 0 Å². The third-order valence-electron chi connectivity index (χ3n) is 5.31. The number of amides is 3. The molecule has 2 saturated heterocycles. The molecule has 0 spiro atoms. The standard InChI is InChI=1S/C22H29N3O4/c1-5-19(26)23-12-15-6-8-16(9-7-15)20(27)25-11-10-17-13-24(14-18(17)25)21(28)29-22(2,3)4/h5-9,17-18H,1,10-14H2,2-4H3,(H,23,26)/t17-,18+/m0/s1. The minimum absolute atomic E-state index is 0.0229. The molecule has 2 atom stereocenters. The summed E-state index contributed by atoms with van der Waals surface area (Å²) in [5.41, 5.74) is 0.991. The number of nitrogens with zero attached hydrogens (tertiary/aromatic N) is 2. The molecule has 0 bridgehead atoms. The van der Waals surface area contributed by atoms with E-state index in [4.69, 9.17) is 4.74 Å². The molecule has 2 aliphatic heterocycles. The normalized spacial score (nSPS) is 20.9. The number of rotatable bonds is 4. The molecule has 0 saturated carbocycles. The quantitative estimate of drug-likeness (QED) is 0.790. The van der Waals surface area contributed by atoms with Crippen LogP contribution in [-0.4, -0.2) is 59.0 Å². The van der Waals surface area contributed by atoms with Gasteiger partial charge in [0.25, 0.3) is 5.91 Å². The van der Waals surface area contributed by atoms with E-state index < -0.39 is 5.60 Å². The van der Waals surface area contributed by atoms with Gasteiger partial charge in [0, 0.05) is 37.7 Å². The zero-order valence-electron chi connectivity index (χ0n) is 17.3. The SMILES string of the molecule is C=CC(=O)NCc1ccc(C(=O)N2CC[C@H]3CN(C(=O)OC(C)(C)C)C[C@H]32)cc1. The van der Waals surface area contributed by atoms with E-state index in [1.165, 1.54) is 6.08 Å². The number of ether oxygens (including phenoxy) is 1. The molecule has 3 rings (SSSR count). The summed E-state index contributed by atoms with van der Waals surface area (Å²) in [4.78, 5) is 40.3. The van der Waals surface area contributed by atoms with E-state index in [0.717, 1.165) is 12.0 Å². The van der Waals surface area contributed by atoms with Crippen molar-refractivity contribution in [1.29, 1.82) is 0 Å². The summed E-state index contributed by atoms with van der Waals surface area (Å²) in [7, 11) is 0. The molecule has 0 radical (unpaired) electrons. The van der Waals surface area contributed by atoms with Crippen molar-refractivity contribution in [2.75, 3.05) is 19.6 Å². The lowest BCUT2D eigenvalue weighted by Crippen LogP contribution is -2.41. The molecule has 7 nitrogen and oxygen atoms in total. The van der Waals surface area contributed by atoms with Gasteiger partial charge in [0.2, 0.25) is 5.91 Å². The van der Waals surface area contributed by atoms with Gasteiger partial charge in [0.05, 0.1) is 6.04 Å². The lowest BCUT2D eigenvalue weighted by Gasteiger charge is -2.27. The molecule has 1 N–H and O–H groups in total. The summed E-state index contributed by atoms with van der Waals surface area (Å²) in [6.45, 7) is 11.2. The first-order chi connectivity index (χ1) is 13.7. The molecular weight excluding hydrogens is 370 g/mol. The van der Waals surface area contributed by atoms with Crippen molar-refractivity contribution >= 4 is 17.9 Å². The van der Waals surface area contributed by atoms with Gasteiger partial charge in [-0.2, -0.15) is 0 Å². The summed E-state index contributed by atoms with van der Waals surface area (Å²) < 4.78 is 5.48. The Morgan fingerprint density at radius 3 is 2.52 bits per heavy atom. The summed E-state index contributed by atoms with van der Waals surface area (Å²) >= 11 is 0. The number of nitrogens with one attached hydrogen (secondary N) is 1. The van der Waals surface area contributed by atoms with Crippen LogP contribution in [0, 0.1) is 5.92 Å². The van der Waals surface area contributed by atoms with Gasteiger partial charge in [0.1, 0.15) is 5.60 Å². The zero-order chi connectivity index (χ0) is 21.2.